The minimum absolute atomic E-state index is 0.00488. The van der Waals surface area contributed by atoms with E-state index in [1.165, 1.54) is 0 Å². The Morgan fingerprint density at radius 2 is 1.87 bits per heavy atom. The van der Waals surface area contributed by atoms with Crippen LogP contribution < -0.4 is 5.32 Å². The van der Waals surface area contributed by atoms with Crippen LogP contribution >= 0.6 is 0 Å². The largest absolute Gasteiger partial charge is 0.504 e. The molecule has 1 saturated heterocycles. The molecule has 4 nitrogen and oxygen atoms in total. The number of aromatic hydroxyl groups is 2. The van der Waals surface area contributed by atoms with Crippen LogP contribution in [0, 0.1) is 0 Å². The van der Waals surface area contributed by atoms with Gasteiger partial charge in [-0.3, -0.25) is 0 Å². The van der Waals surface area contributed by atoms with Crippen LogP contribution in [-0.4, -0.2) is 22.8 Å². The topological polar surface area (TPSA) is 61.7 Å². The minimum Gasteiger partial charge on any atom is -0.504 e. The van der Waals surface area contributed by atoms with Gasteiger partial charge in [0, 0.05) is 18.0 Å². The normalized spacial score (nSPS) is 26.9. The number of nitrogens with one attached hydrogen (secondary N) is 1. The van der Waals surface area contributed by atoms with Gasteiger partial charge in [0.25, 0.3) is 0 Å². The fourth-order valence-corrected chi connectivity index (χ4v) is 3.75. The van der Waals surface area contributed by atoms with Gasteiger partial charge in [0.05, 0.1) is 12.2 Å². The summed E-state index contributed by atoms with van der Waals surface area (Å²) in [5.74, 6) is -0.0645. The molecule has 120 valence electrons. The van der Waals surface area contributed by atoms with E-state index in [1.54, 1.807) is 6.07 Å². The highest BCUT2D eigenvalue weighted by atomic mass is 16.5. The van der Waals surface area contributed by atoms with Gasteiger partial charge in [-0.05, 0) is 36.6 Å². The Bertz CT molecular complexity index is 695. The van der Waals surface area contributed by atoms with E-state index in [-0.39, 0.29) is 29.7 Å². The molecule has 2 aromatic rings. The van der Waals surface area contributed by atoms with Crippen molar-refractivity contribution in [2.45, 2.75) is 37.5 Å². The number of hydrogen-bond acceptors (Lipinski definition) is 4. The third kappa shape index (κ3) is 2.58. The SMILES string of the molecule is Oc1ccc2c(c1O)C[C@@H](c1ccccc1)O[C@H]2[C@@H]1CCCN1. The Morgan fingerprint density at radius 3 is 2.61 bits per heavy atom. The quantitative estimate of drug-likeness (QED) is 0.745. The van der Waals surface area contributed by atoms with E-state index in [0.29, 0.717) is 6.42 Å². The summed E-state index contributed by atoms with van der Waals surface area (Å²) in [6, 6.07) is 13.8. The average Bonchev–Trinajstić information content (AvgIpc) is 3.13. The number of benzene rings is 2. The van der Waals surface area contributed by atoms with Crippen molar-refractivity contribution in [3.05, 3.63) is 59.2 Å². The molecule has 23 heavy (non-hydrogen) atoms. The van der Waals surface area contributed by atoms with Crippen molar-refractivity contribution in [2.75, 3.05) is 6.54 Å². The van der Waals surface area contributed by atoms with Crippen molar-refractivity contribution in [1.29, 1.82) is 0 Å². The third-order valence-corrected chi connectivity index (χ3v) is 4.94. The third-order valence-electron chi connectivity index (χ3n) is 4.94. The summed E-state index contributed by atoms with van der Waals surface area (Å²) in [6.07, 6.45) is 2.57. The molecule has 2 aromatic carbocycles. The molecule has 0 spiro atoms. The fraction of sp³-hybridized carbons (Fsp3) is 0.368. The molecule has 1 fully saturated rings. The van der Waals surface area contributed by atoms with Crippen molar-refractivity contribution in [3.63, 3.8) is 0 Å². The molecule has 0 radical (unpaired) electrons. The zero-order chi connectivity index (χ0) is 15.8. The average molecular weight is 311 g/mol. The van der Waals surface area contributed by atoms with E-state index in [4.69, 9.17) is 4.74 Å². The lowest BCUT2D eigenvalue weighted by atomic mass is 9.87. The van der Waals surface area contributed by atoms with Gasteiger partial charge in [-0.25, -0.2) is 0 Å². The van der Waals surface area contributed by atoms with Gasteiger partial charge in [0.1, 0.15) is 0 Å². The van der Waals surface area contributed by atoms with Crippen LogP contribution in [0.15, 0.2) is 42.5 Å². The van der Waals surface area contributed by atoms with E-state index in [2.05, 4.69) is 17.4 Å². The van der Waals surface area contributed by atoms with Gasteiger partial charge in [0.15, 0.2) is 11.5 Å². The number of fused-ring (bicyclic) bond motifs is 1. The van der Waals surface area contributed by atoms with Gasteiger partial charge in [-0.1, -0.05) is 36.4 Å². The Hall–Kier alpha value is -2.04. The van der Waals surface area contributed by atoms with Crippen LogP contribution in [0.4, 0.5) is 0 Å². The first-order valence-corrected chi connectivity index (χ1v) is 8.21. The van der Waals surface area contributed by atoms with Crippen molar-refractivity contribution < 1.29 is 14.9 Å². The molecule has 4 heteroatoms. The summed E-state index contributed by atoms with van der Waals surface area (Å²) in [5, 5.41) is 23.7. The van der Waals surface area contributed by atoms with E-state index >= 15 is 0 Å². The summed E-state index contributed by atoms with van der Waals surface area (Å²) in [5.41, 5.74) is 2.90. The second-order valence-electron chi connectivity index (χ2n) is 6.36. The Balaban J connectivity index is 1.76. The van der Waals surface area contributed by atoms with E-state index in [1.807, 2.05) is 24.3 Å². The van der Waals surface area contributed by atoms with Crippen molar-refractivity contribution in [3.8, 4) is 11.5 Å². The molecular weight excluding hydrogens is 290 g/mol. The number of phenolic OH excluding ortho intramolecular Hbond substituents is 2. The van der Waals surface area contributed by atoms with Crippen LogP contribution in [0.1, 0.15) is 41.7 Å². The molecule has 0 bridgehead atoms. The highest BCUT2D eigenvalue weighted by Crippen LogP contribution is 2.46. The molecule has 4 rings (SSSR count). The maximum absolute atomic E-state index is 10.3. The monoisotopic (exact) mass is 311 g/mol. The Morgan fingerprint density at radius 1 is 1.04 bits per heavy atom. The molecule has 0 unspecified atom stereocenters. The van der Waals surface area contributed by atoms with Gasteiger partial charge in [-0.15, -0.1) is 0 Å². The second kappa shape index (κ2) is 5.87. The van der Waals surface area contributed by atoms with Gasteiger partial charge < -0.3 is 20.3 Å². The van der Waals surface area contributed by atoms with E-state index < -0.39 is 0 Å². The molecule has 0 saturated carbocycles. The molecular formula is C19H21NO3. The summed E-state index contributed by atoms with van der Waals surface area (Å²) in [7, 11) is 0. The van der Waals surface area contributed by atoms with Gasteiger partial charge in [0.2, 0.25) is 0 Å². The minimum atomic E-state index is -0.108. The van der Waals surface area contributed by atoms with Crippen LogP contribution in [-0.2, 0) is 11.2 Å². The molecule has 3 N–H and O–H groups in total. The maximum atomic E-state index is 10.3. The van der Waals surface area contributed by atoms with Gasteiger partial charge >= 0.3 is 0 Å². The summed E-state index contributed by atoms with van der Waals surface area (Å²) in [4.78, 5) is 0. The molecule has 0 amide bonds. The summed E-state index contributed by atoms with van der Waals surface area (Å²) in [6.45, 7) is 1.000. The fourth-order valence-electron chi connectivity index (χ4n) is 3.75. The first-order chi connectivity index (χ1) is 11.2. The van der Waals surface area contributed by atoms with Crippen LogP contribution in [0.3, 0.4) is 0 Å². The predicted octanol–water partition coefficient (Wildman–Crippen LogP) is 3.20. The van der Waals surface area contributed by atoms with Crippen molar-refractivity contribution in [1.82, 2.24) is 5.32 Å². The van der Waals surface area contributed by atoms with E-state index in [9.17, 15) is 10.2 Å². The Kier molecular flexibility index (Phi) is 3.71. The highest BCUT2D eigenvalue weighted by molar-refractivity contribution is 5.51. The van der Waals surface area contributed by atoms with Crippen molar-refractivity contribution >= 4 is 0 Å². The second-order valence-corrected chi connectivity index (χ2v) is 6.36. The Labute approximate surface area is 135 Å². The molecule has 0 aliphatic carbocycles. The van der Waals surface area contributed by atoms with Gasteiger partial charge in [-0.2, -0.15) is 0 Å². The van der Waals surface area contributed by atoms with Crippen molar-refractivity contribution in [2.24, 2.45) is 0 Å². The van der Waals surface area contributed by atoms with Crippen LogP contribution in [0.5, 0.6) is 11.5 Å². The lowest BCUT2D eigenvalue weighted by Gasteiger charge is -2.36. The lowest BCUT2D eigenvalue weighted by Crippen LogP contribution is -2.35. The summed E-state index contributed by atoms with van der Waals surface area (Å²) < 4.78 is 6.42. The molecule has 0 aromatic heterocycles. The number of phenols is 2. The molecule has 2 aliphatic heterocycles. The van der Waals surface area contributed by atoms with Crippen LogP contribution in [0.2, 0.25) is 0 Å². The first-order valence-electron chi connectivity index (χ1n) is 8.21. The molecule has 3 atom stereocenters. The number of hydrogen-bond donors (Lipinski definition) is 3. The summed E-state index contributed by atoms with van der Waals surface area (Å²) >= 11 is 0. The van der Waals surface area contributed by atoms with Crippen LogP contribution in [0.25, 0.3) is 0 Å². The van der Waals surface area contributed by atoms with E-state index in [0.717, 1.165) is 36.1 Å². The standard InChI is InChI=1S/C19H21NO3/c21-16-9-8-13-14(18(16)22)11-17(12-5-2-1-3-6-12)23-19(13)15-7-4-10-20-15/h1-3,5-6,8-9,15,17,19-22H,4,7,10-11H2/t15-,17-,19+/m0/s1. The highest BCUT2D eigenvalue weighted by Gasteiger charge is 2.36. The number of rotatable bonds is 2. The lowest BCUT2D eigenvalue weighted by molar-refractivity contribution is -0.0444. The smallest absolute Gasteiger partial charge is 0.161 e. The zero-order valence-electron chi connectivity index (χ0n) is 12.9. The maximum Gasteiger partial charge on any atom is 0.161 e. The molecule has 2 aliphatic rings. The number of ether oxygens (including phenoxy) is 1. The first kappa shape index (κ1) is 14.5. The predicted molar refractivity (Wildman–Crippen MR) is 87.5 cm³/mol. The molecule has 2 heterocycles. The zero-order valence-corrected chi connectivity index (χ0v) is 12.9.